The molecule has 1 amide bonds. The van der Waals surface area contributed by atoms with E-state index in [1.165, 1.54) is 17.4 Å². The molecule has 1 aromatic heterocycles. The molecule has 1 aromatic carbocycles. The number of carbonyl (C=O) groups is 1. The highest BCUT2D eigenvalue weighted by Gasteiger charge is 2.10. The number of hydrogen-bond acceptors (Lipinski definition) is 6. The smallest absolute Gasteiger partial charge is 0.250 e. The van der Waals surface area contributed by atoms with Crippen molar-refractivity contribution in [1.29, 1.82) is 0 Å². The van der Waals surface area contributed by atoms with Crippen molar-refractivity contribution in [3.05, 3.63) is 35.3 Å². The number of methoxy groups -OCH3 is 3. The van der Waals surface area contributed by atoms with Crippen LogP contribution in [0.15, 0.2) is 29.8 Å². The number of thiazole rings is 1. The van der Waals surface area contributed by atoms with Gasteiger partial charge in [-0.1, -0.05) is 0 Å². The molecule has 116 valence electrons. The molecule has 1 N–H and O–H groups in total. The summed E-state index contributed by atoms with van der Waals surface area (Å²) in [5.41, 5.74) is 0.703. The van der Waals surface area contributed by atoms with Crippen LogP contribution in [0.2, 0.25) is 0 Å². The fourth-order valence-corrected chi connectivity index (χ4v) is 2.31. The van der Waals surface area contributed by atoms with Gasteiger partial charge in [0.05, 0.1) is 21.3 Å². The Morgan fingerprint density at radius 1 is 1.14 bits per heavy atom. The van der Waals surface area contributed by atoms with Crippen molar-refractivity contribution in [1.82, 2.24) is 4.98 Å². The van der Waals surface area contributed by atoms with E-state index < -0.39 is 0 Å². The Morgan fingerprint density at radius 3 is 2.41 bits per heavy atom. The fourth-order valence-electron chi connectivity index (χ4n) is 1.78. The van der Waals surface area contributed by atoms with Crippen LogP contribution in [0, 0.1) is 0 Å². The van der Waals surface area contributed by atoms with E-state index in [-0.39, 0.29) is 5.91 Å². The Bertz CT molecular complexity index is 668. The second kappa shape index (κ2) is 7.46. The number of carbonyl (C=O) groups excluding carboxylic acids is 1. The second-order valence-corrected chi connectivity index (χ2v) is 5.00. The zero-order valence-electron chi connectivity index (χ0n) is 12.5. The van der Waals surface area contributed by atoms with Gasteiger partial charge in [-0.25, -0.2) is 4.98 Å². The number of nitrogens with zero attached hydrogens (tertiary/aromatic N) is 1. The van der Waals surface area contributed by atoms with Crippen LogP contribution in [0.25, 0.3) is 6.08 Å². The number of hydrogen-bond donors (Lipinski definition) is 1. The normalized spacial score (nSPS) is 10.5. The summed E-state index contributed by atoms with van der Waals surface area (Å²) in [4.78, 5) is 15.8. The van der Waals surface area contributed by atoms with Crippen molar-refractivity contribution in [2.45, 2.75) is 0 Å². The molecule has 2 rings (SSSR count). The molecule has 2 aromatic rings. The van der Waals surface area contributed by atoms with Gasteiger partial charge in [-0.15, -0.1) is 11.3 Å². The van der Waals surface area contributed by atoms with Crippen LogP contribution >= 0.6 is 11.3 Å². The fraction of sp³-hybridized carbons (Fsp3) is 0.200. The van der Waals surface area contributed by atoms with Crippen molar-refractivity contribution in [2.24, 2.45) is 0 Å². The van der Waals surface area contributed by atoms with Gasteiger partial charge in [0.1, 0.15) is 5.75 Å². The number of aromatic nitrogens is 1. The Hall–Kier alpha value is -2.54. The first-order valence-electron chi connectivity index (χ1n) is 6.36. The van der Waals surface area contributed by atoms with Crippen LogP contribution in [0.1, 0.15) is 5.56 Å². The molecule has 7 heteroatoms. The van der Waals surface area contributed by atoms with Crippen LogP contribution in [-0.4, -0.2) is 32.2 Å². The summed E-state index contributed by atoms with van der Waals surface area (Å²) in [6.07, 6.45) is 4.68. The van der Waals surface area contributed by atoms with E-state index >= 15 is 0 Å². The monoisotopic (exact) mass is 320 g/mol. The van der Waals surface area contributed by atoms with E-state index in [0.717, 1.165) is 0 Å². The molecule has 1 heterocycles. The predicted octanol–water partition coefficient (Wildman–Crippen LogP) is 2.82. The lowest BCUT2D eigenvalue weighted by Crippen LogP contribution is -2.07. The third-order valence-electron chi connectivity index (χ3n) is 2.81. The molecule has 0 atom stereocenters. The van der Waals surface area contributed by atoms with E-state index in [0.29, 0.717) is 27.9 Å². The molecule has 6 nitrogen and oxygen atoms in total. The lowest BCUT2D eigenvalue weighted by Gasteiger charge is -2.12. The Labute approximate surface area is 132 Å². The molecule has 22 heavy (non-hydrogen) atoms. The second-order valence-electron chi connectivity index (χ2n) is 4.11. The van der Waals surface area contributed by atoms with Gasteiger partial charge >= 0.3 is 0 Å². The average Bonchev–Trinajstić information content (AvgIpc) is 3.04. The van der Waals surface area contributed by atoms with Gasteiger partial charge in [0.15, 0.2) is 16.6 Å². The molecule has 0 fully saturated rings. The number of ether oxygens (including phenoxy) is 3. The summed E-state index contributed by atoms with van der Waals surface area (Å²) < 4.78 is 15.8. The Kier molecular flexibility index (Phi) is 5.37. The molecular weight excluding hydrogens is 304 g/mol. The van der Waals surface area contributed by atoms with E-state index in [1.807, 2.05) is 0 Å². The first-order chi connectivity index (χ1) is 10.7. The van der Waals surface area contributed by atoms with Crippen molar-refractivity contribution >= 4 is 28.5 Å². The highest BCUT2D eigenvalue weighted by molar-refractivity contribution is 7.13. The minimum Gasteiger partial charge on any atom is -0.496 e. The summed E-state index contributed by atoms with van der Waals surface area (Å²) in [7, 11) is 4.65. The SMILES string of the molecule is COc1cc(OC)c(OC)cc1/C=C/C(=O)Nc1nccs1. The van der Waals surface area contributed by atoms with E-state index in [1.54, 1.807) is 51.1 Å². The van der Waals surface area contributed by atoms with Gasteiger partial charge in [-0.3, -0.25) is 10.1 Å². The van der Waals surface area contributed by atoms with Crippen LogP contribution in [0.3, 0.4) is 0 Å². The van der Waals surface area contributed by atoms with E-state index in [2.05, 4.69) is 10.3 Å². The topological polar surface area (TPSA) is 69.7 Å². The molecule has 0 spiro atoms. The van der Waals surface area contributed by atoms with Crippen molar-refractivity contribution in [3.63, 3.8) is 0 Å². The molecule has 0 aliphatic carbocycles. The number of amides is 1. The summed E-state index contributed by atoms with van der Waals surface area (Å²) in [6.45, 7) is 0. The van der Waals surface area contributed by atoms with Crippen LogP contribution in [0.5, 0.6) is 17.2 Å². The largest absolute Gasteiger partial charge is 0.496 e. The maximum atomic E-state index is 11.8. The Balaban J connectivity index is 2.20. The zero-order valence-corrected chi connectivity index (χ0v) is 13.3. The standard InChI is InChI=1S/C15H16N2O4S/c1-19-11-9-13(21-3)12(20-2)8-10(11)4-5-14(18)17-15-16-6-7-22-15/h4-9H,1-3H3,(H,16,17,18)/b5-4+. The predicted molar refractivity (Wildman–Crippen MR) is 85.9 cm³/mol. The zero-order chi connectivity index (χ0) is 15.9. The lowest BCUT2D eigenvalue weighted by molar-refractivity contribution is -0.111. The summed E-state index contributed by atoms with van der Waals surface area (Å²) >= 11 is 1.35. The minimum atomic E-state index is -0.271. The summed E-state index contributed by atoms with van der Waals surface area (Å²) in [5.74, 6) is 1.43. The minimum absolute atomic E-state index is 0.271. The number of anilines is 1. The molecule has 0 aliphatic rings. The molecule has 0 radical (unpaired) electrons. The first-order valence-corrected chi connectivity index (χ1v) is 7.24. The summed E-state index contributed by atoms with van der Waals surface area (Å²) in [5, 5.41) is 5.00. The van der Waals surface area contributed by atoms with Crippen molar-refractivity contribution in [3.8, 4) is 17.2 Å². The van der Waals surface area contributed by atoms with Gasteiger partial charge in [0.2, 0.25) is 5.91 Å². The van der Waals surface area contributed by atoms with Crippen LogP contribution in [-0.2, 0) is 4.79 Å². The van der Waals surface area contributed by atoms with Gasteiger partial charge in [-0.2, -0.15) is 0 Å². The van der Waals surface area contributed by atoms with E-state index in [9.17, 15) is 4.79 Å². The van der Waals surface area contributed by atoms with Gasteiger partial charge in [0.25, 0.3) is 0 Å². The molecule has 0 bridgehead atoms. The lowest BCUT2D eigenvalue weighted by atomic mass is 10.1. The summed E-state index contributed by atoms with van der Waals surface area (Å²) in [6, 6.07) is 3.45. The van der Waals surface area contributed by atoms with E-state index in [4.69, 9.17) is 14.2 Å². The third kappa shape index (κ3) is 3.76. The van der Waals surface area contributed by atoms with Gasteiger partial charge < -0.3 is 14.2 Å². The molecular formula is C15H16N2O4S. The maximum absolute atomic E-state index is 11.8. The maximum Gasteiger partial charge on any atom is 0.250 e. The van der Waals surface area contributed by atoms with Crippen LogP contribution < -0.4 is 19.5 Å². The van der Waals surface area contributed by atoms with Crippen LogP contribution in [0.4, 0.5) is 5.13 Å². The highest BCUT2D eigenvalue weighted by atomic mass is 32.1. The number of nitrogens with one attached hydrogen (secondary N) is 1. The third-order valence-corrected chi connectivity index (χ3v) is 3.50. The first kappa shape index (κ1) is 15.8. The average molecular weight is 320 g/mol. The number of benzene rings is 1. The van der Waals surface area contributed by atoms with Gasteiger partial charge in [-0.05, 0) is 12.1 Å². The number of rotatable bonds is 6. The van der Waals surface area contributed by atoms with Gasteiger partial charge in [0, 0.05) is 29.3 Å². The molecule has 0 saturated carbocycles. The molecule has 0 saturated heterocycles. The van der Waals surface area contributed by atoms with Crippen molar-refractivity contribution in [2.75, 3.05) is 26.6 Å². The van der Waals surface area contributed by atoms with Crippen molar-refractivity contribution < 1.29 is 19.0 Å². The molecule has 0 aliphatic heterocycles. The quantitative estimate of drug-likeness (QED) is 0.829. The Morgan fingerprint density at radius 2 is 1.82 bits per heavy atom. The molecule has 0 unspecified atom stereocenters. The highest BCUT2D eigenvalue weighted by Crippen LogP contribution is 2.35.